The molecule has 8 heteroatoms. The van der Waals surface area contributed by atoms with Crippen molar-refractivity contribution in [3.05, 3.63) is 71.9 Å². The van der Waals surface area contributed by atoms with E-state index in [-0.39, 0.29) is 11.2 Å². The van der Waals surface area contributed by atoms with Crippen molar-refractivity contribution in [2.24, 2.45) is 5.41 Å². The van der Waals surface area contributed by atoms with Gasteiger partial charge in [0.25, 0.3) is 0 Å². The van der Waals surface area contributed by atoms with E-state index in [2.05, 4.69) is 34.0 Å². The van der Waals surface area contributed by atoms with E-state index < -0.39 is 0 Å². The van der Waals surface area contributed by atoms with Crippen LogP contribution in [-0.4, -0.2) is 45.6 Å². The van der Waals surface area contributed by atoms with E-state index in [4.69, 9.17) is 21.3 Å². The summed E-state index contributed by atoms with van der Waals surface area (Å²) in [5, 5.41) is 4.75. The number of ether oxygens (including phenoxy) is 1. The summed E-state index contributed by atoms with van der Waals surface area (Å²) in [7, 11) is 1.65. The summed E-state index contributed by atoms with van der Waals surface area (Å²) in [4.78, 5) is 24.0. The Balaban J connectivity index is 1.28. The first-order valence-electron chi connectivity index (χ1n) is 11.3. The first kappa shape index (κ1) is 22.3. The average molecular weight is 476 g/mol. The molecular formula is C26H26ClN5O2. The Labute approximate surface area is 203 Å². The first-order valence-corrected chi connectivity index (χ1v) is 11.7. The molecular weight excluding hydrogens is 450 g/mol. The van der Waals surface area contributed by atoms with Crippen molar-refractivity contribution in [3.63, 3.8) is 0 Å². The number of aromatic nitrogens is 4. The number of hydrogen-bond donors (Lipinski definition) is 0. The van der Waals surface area contributed by atoms with Gasteiger partial charge in [-0.25, -0.2) is 9.50 Å². The van der Waals surface area contributed by atoms with Crippen molar-refractivity contribution in [2.45, 2.75) is 26.2 Å². The van der Waals surface area contributed by atoms with E-state index in [1.165, 1.54) is 0 Å². The van der Waals surface area contributed by atoms with Crippen LogP contribution in [-0.2, 0) is 0 Å². The average Bonchev–Trinajstić information content (AvgIpc) is 3.33. The number of piperidine rings is 1. The summed E-state index contributed by atoms with van der Waals surface area (Å²) in [5.41, 5.74) is 3.32. The highest BCUT2D eigenvalue weighted by Crippen LogP contribution is 2.37. The molecule has 0 amide bonds. The van der Waals surface area contributed by atoms with Gasteiger partial charge in [-0.3, -0.25) is 9.78 Å². The monoisotopic (exact) mass is 475 g/mol. The van der Waals surface area contributed by atoms with E-state index in [0.717, 1.165) is 54.1 Å². The zero-order chi connectivity index (χ0) is 23.7. The molecule has 0 saturated carbocycles. The van der Waals surface area contributed by atoms with E-state index >= 15 is 0 Å². The molecule has 4 aromatic heterocycles. The minimum absolute atomic E-state index is 0.00787. The number of anilines is 1. The maximum absolute atomic E-state index is 12.8. The van der Waals surface area contributed by atoms with E-state index in [9.17, 15) is 4.79 Å². The van der Waals surface area contributed by atoms with Crippen LogP contribution in [0.2, 0.25) is 5.02 Å². The summed E-state index contributed by atoms with van der Waals surface area (Å²) in [5.74, 6) is 1.69. The minimum Gasteiger partial charge on any atom is -0.495 e. The molecule has 34 heavy (non-hydrogen) atoms. The predicted octanol–water partition coefficient (Wildman–Crippen LogP) is 5.33. The van der Waals surface area contributed by atoms with Crippen LogP contribution in [0.4, 0.5) is 5.82 Å². The van der Waals surface area contributed by atoms with Crippen LogP contribution in [0.1, 0.15) is 36.7 Å². The molecule has 0 aliphatic carbocycles. The van der Waals surface area contributed by atoms with Crippen LogP contribution in [0, 0.1) is 5.41 Å². The van der Waals surface area contributed by atoms with Crippen molar-refractivity contribution >= 4 is 28.7 Å². The molecule has 0 unspecified atom stereocenters. The second-order valence-electron chi connectivity index (χ2n) is 9.09. The van der Waals surface area contributed by atoms with Gasteiger partial charge in [-0.2, -0.15) is 5.10 Å². The van der Waals surface area contributed by atoms with Gasteiger partial charge >= 0.3 is 0 Å². The van der Waals surface area contributed by atoms with E-state index in [1.54, 1.807) is 31.6 Å². The molecule has 5 rings (SSSR count). The molecule has 7 nitrogen and oxygen atoms in total. The number of methoxy groups -OCH3 is 1. The highest BCUT2D eigenvalue weighted by atomic mass is 35.5. The van der Waals surface area contributed by atoms with Crippen LogP contribution in [0.5, 0.6) is 5.75 Å². The summed E-state index contributed by atoms with van der Waals surface area (Å²) >= 11 is 6.17. The summed E-state index contributed by atoms with van der Waals surface area (Å²) in [6, 6.07) is 11.6. The van der Waals surface area contributed by atoms with E-state index in [1.807, 2.05) is 29.0 Å². The smallest absolute Gasteiger partial charge is 0.183 e. The lowest BCUT2D eigenvalue weighted by molar-refractivity contribution is 0.0893. The van der Waals surface area contributed by atoms with Gasteiger partial charge < -0.3 is 9.64 Å². The molecule has 174 valence electrons. The molecule has 0 bridgehead atoms. The first-order chi connectivity index (χ1) is 16.5. The molecule has 0 atom stereocenters. The van der Waals surface area contributed by atoms with Gasteiger partial charge in [0.2, 0.25) is 0 Å². The summed E-state index contributed by atoms with van der Waals surface area (Å²) in [6.45, 7) is 3.87. The normalized spacial score (nSPS) is 15.4. The number of halogens is 1. The Morgan fingerprint density at radius 3 is 2.68 bits per heavy atom. The molecule has 5 heterocycles. The van der Waals surface area contributed by atoms with Crippen LogP contribution >= 0.6 is 11.6 Å². The Bertz CT molecular complexity index is 1330. The molecule has 1 saturated heterocycles. The summed E-state index contributed by atoms with van der Waals surface area (Å²) < 4.78 is 7.24. The lowest BCUT2D eigenvalue weighted by Crippen LogP contribution is -2.40. The third kappa shape index (κ3) is 4.35. The van der Waals surface area contributed by atoms with Gasteiger partial charge in [-0.1, -0.05) is 18.5 Å². The number of nitrogens with zero attached hydrogens (tertiary/aromatic N) is 5. The molecule has 1 aliphatic rings. The largest absolute Gasteiger partial charge is 0.495 e. The predicted molar refractivity (Wildman–Crippen MR) is 133 cm³/mol. The number of fused-ring (bicyclic) bond motifs is 1. The fourth-order valence-corrected chi connectivity index (χ4v) is 4.82. The van der Waals surface area contributed by atoms with Crippen molar-refractivity contribution in [1.82, 2.24) is 19.6 Å². The molecule has 1 aliphatic heterocycles. The fourth-order valence-electron chi connectivity index (χ4n) is 4.59. The Hall–Kier alpha value is -3.45. The maximum atomic E-state index is 12.8. The van der Waals surface area contributed by atoms with Gasteiger partial charge in [0.05, 0.1) is 30.0 Å². The number of rotatable bonds is 6. The zero-order valence-corrected chi connectivity index (χ0v) is 20.0. The number of pyridine rings is 3. The van der Waals surface area contributed by atoms with Gasteiger partial charge in [-0.05, 0) is 54.7 Å². The maximum Gasteiger partial charge on any atom is 0.183 e. The topological polar surface area (TPSA) is 72.6 Å². The standard InChI is InChI=1S/C26H26ClN5O2/c1-26(15-23(33)25-21(27)4-3-10-28-25)8-12-31(13-9-26)24-6-5-18(16-29-24)20-14-19(34-2)17-32-22(20)7-11-30-32/h3-7,10-11,14,16-17H,8-9,12-13,15H2,1-2H3. The van der Waals surface area contributed by atoms with Gasteiger partial charge in [-0.15, -0.1) is 0 Å². The fraction of sp³-hybridized carbons (Fsp3) is 0.308. The zero-order valence-electron chi connectivity index (χ0n) is 19.2. The van der Waals surface area contributed by atoms with Crippen molar-refractivity contribution < 1.29 is 9.53 Å². The minimum atomic E-state index is -0.0808. The molecule has 1 fully saturated rings. The van der Waals surface area contributed by atoms with Crippen molar-refractivity contribution in [1.29, 1.82) is 0 Å². The van der Waals surface area contributed by atoms with Gasteiger partial charge in [0.1, 0.15) is 17.3 Å². The third-order valence-corrected chi connectivity index (χ3v) is 6.99. The SMILES string of the molecule is COc1cc(-c2ccc(N3CCC(C)(CC(=O)c4ncccc4Cl)CC3)nc2)c2ccnn2c1. The highest BCUT2D eigenvalue weighted by Gasteiger charge is 2.33. The van der Waals surface area contributed by atoms with Crippen LogP contribution in [0.3, 0.4) is 0 Å². The van der Waals surface area contributed by atoms with Crippen LogP contribution < -0.4 is 9.64 Å². The Kier molecular flexibility index (Phi) is 5.96. The summed E-state index contributed by atoms with van der Waals surface area (Å²) in [6.07, 6.45) is 9.40. The number of ketones is 1. The second kappa shape index (κ2) is 9.06. The van der Waals surface area contributed by atoms with Crippen molar-refractivity contribution in [3.8, 4) is 16.9 Å². The molecule has 0 radical (unpaired) electrons. The van der Waals surface area contributed by atoms with Crippen LogP contribution in [0.25, 0.3) is 16.6 Å². The molecule has 0 N–H and O–H groups in total. The van der Waals surface area contributed by atoms with Gasteiger partial charge in [0, 0.05) is 43.0 Å². The number of hydrogen-bond acceptors (Lipinski definition) is 6. The second-order valence-corrected chi connectivity index (χ2v) is 9.50. The number of carbonyl (C=O) groups is 1. The Morgan fingerprint density at radius 1 is 1.15 bits per heavy atom. The number of carbonyl (C=O) groups excluding carboxylic acids is 1. The molecule has 0 aromatic carbocycles. The van der Waals surface area contributed by atoms with Crippen LogP contribution in [0.15, 0.2) is 61.2 Å². The number of Topliss-reactive ketones (excluding diaryl/α,β-unsaturated/α-hetero) is 1. The molecule has 0 spiro atoms. The van der Waals surface area contributed by atoms with Gasteiger partial charge in [0.15, 0.2) is 5.78 Å². The molecule has 4 aromatic rings. The third-order valence-electron chi connectivity index (χ3n) is 6.68. The van der Waals surface area contributed by atoms with E-state index in [0.29, 0.717) is 17.1 Å². The lowest BCUT2D eigenvalue weighted by Gasteiger charge is -2.39. The quantitative estimate of drug-likeness (QED) is 0.351. The Morgan fingerprint density at radius 2 is 1.97 bits per heavy atom. The highest BCUT2D eigenvalue weighted by molar-refractivity contribution is 6.33. The lowest BCUT2D eigenvalue weighted by atomic mass is 9.76. The van der Waals surface area contributed by atoms with Crippen molar-refractivity contribution in [2.75, 3.05) is 25.1 Å².